The molecule has 0 saturated carbocycles. The number of rotatable bonds is 5. The zero-order valence-electron chi connectivity index (χ0n) is 7.04. The van der Waals surface area contributed by atoms with Crippen molar-refractivity contribution in [2.75, 3.05) is 7.11 Å². The second-order valence-corrected chi connectivity index (χ2v) is 2.41. The monoisotopic (exact) mass is 159 g/mol. The first-order valence-corrected chi connectivity index (χ1v) is 3.73. The molecular weight excluding hydrogens is 144 g/mol. The Kier molecular flexibility index (Phi) is 5.84. The van der Waals surface area contributed by atoms with E-state index in [4.69, 9.17) is 5.11 Å². The molecule has 0 unspecified atom stereocenters. The molecule has 0 aliphatic rings. The van der Waals surface area contributed by atoms with Crippen LogP contribution >= 0.6 is 0 Å². The summed E-state index contributed by atoms with van der Waals surface area (Å²) in [5, 5.41) is 9.15. The van der Waals surface area contributed by atoms with E-state index in [0.29, 0.717) is 19.3 Å². The van der Waals surface area contributed by atoms with Gasteiger partial charge < -0.3 is 9.84 Å². The molecule has 0 aliphatic carbocycles. The summed E-state index contributed by atoms with van der Waals surface area (Å²) in [6.07, 6.45) is 2.89. The zero-order valence-corrected chi connectivity index (χ0v) is 7.04. The van der Waals surface area contributed by atoms with E-state index < -0.39 is 6.10 Å². The number of carbonyl (C=O) groups excluding carboxylic acids is 1. The van der Waals surface area contributed by atoms with E-state index >= 15 is 0 Å². The van der Waals surface area contributed by atoms with Crippen molar-refractivity contribution in [1.82, 2.24) is 0 Å². The van der Waals surface area contributed by atoms with Crippen molar-refractivity contribution in [2.45, 2.75) is 32.3 Å². The minimum Gasteiger partial charge on any atom is -0.469 e. The molecular formula is C8H15O3. The van der Waals surface area contributed by atoms with Crippen molar-refractivity contribution in [3.05, 3.63) is 6.42 Å². The number of aliphatic hydroxyl groups excluding tert-OH is 1. The van der Waals surface area contributed by atoms with Gasteiger partial charge in [-0.2, -0.15) is 0 Å². The Bertz CT molecular complexity index is 112. The molecule has 11 heavy (non-hydrogen) atoms. The first kappa shape index (κ1) is 10.4. The van der Waals surface area contributed by atoms with Gasteiger partial charge in [-0.05, 0) is 19.3 Å². The van der Waals surface area contributed by atoms with Crippen LogP contribution in [0.5, 0.6) is 0 Å². The summed E-state index contributed by atoms with van der Waals surface area (Å²) < 4.78 is 4.42. The van der Waals surface area contributed by atoms with Gasteiger partial charge in [-0.25, -0.2) is 0 Å². The number of esters is 1. The third kappa shape index (κ3) is 5.85. The maximum atomic E-state index is 10.6. The van der Waals surface area contributed by atoms with E-state index in [0.717, 1.165) is 0 Å². The number of carbonyl (C=O) groups is 1. The van der Waals surface area contributed by atoms with Gasteiger partial charge in [-0.1, -0.05) is 6.92 Å². The normalized spacial score (nSPS) is 12.6. The maximum absolute atomic E-state index is 10.6. The highest BCUT2D eigenvalue weighted by Crippen LogP contribution is 2.03. The molecule has 0 aliphatic heterocycles. The van der Waals surface area contributed by atoms with Gasteiger partial charge >= 0.3 is 5.97 Å². The molecule has 3 heteroatoms. The Labute approximate surface area is 67.4 Å². The van der Waals surface area contributed by atoms with Crippen LogP contribution in [0.3, 0.4) is 0 Å². The topological polar surface area (TPSA) is 46.5 Å². The van der Waals surface area contributed by atoms with Crippen molar-refractivity contribution < 1.29 is 14.6 Å². The quantitative estimate of drug-likeness (QED) is 0.606. The predicted molar refractivity (Wildman–Crippen MR) is 41.8 cm³/mol. The summed E-state index contributed by atoms with van der Waals surface area (Å²) in [7, 11) is 1.35. The summed E-state index contributed by atoms with van der Waals surface area (Å²) in [6, 6.07) is 0. The van der Waals surface area contributed by atoms with Crippen LogP contribution in [0.1, 0.15) is 26.2 Å². The maximum Gasteiger partial charge on any atom is 0.305 e. The lowest BCUT2D eigenvalue weighted by Gasteiger charge is -2.06. The van der Waals surface area contributed by atoms with Gasteiger partial charge in [-0.3, -0.25) is 4.79 Å². The average molecular weight is 159 g/mol. The van der Waals surface area contributed by atoms with Crippen LogP contribution in [-0.2, 0) is 9.53 Å². The van der Waals surface area contributed by atoms with Gasteiger partial charge in [0.1, 0.15) is 0 Å². The zero-order chi connectivity index (χ0) is 8.69. The molecule has 0 aromatic carbocycles. The van der Waals surface area contributed by atoms with Crippen LogP contribution in [0.2, 0.25) is 0 Å². The minimum absolute atomic E-state index is 0.264. The molecule has 0 bridgehead atoms. The van der Waals surface area contributed by atoms with Crippen LogP contribution in [0.25, 0.3) is 0 Å². The highest BCUT2D eigenvalue weighted by Gasteiger charge is 2.06. The molecule has 1 radical (unpaired) electrons. The molecule has 0 heterocycles. The SMILES string of the molecule is C[CH]C[C@@H](O)CCC(=O)OC. The number of ether oxygens (including phenoxy) is 1. The Balaban J connectivity index is 3.29. The average Bonchev–Trinajstić information content (AvgIpc) is 2.01. The van der Waals surface area contributed by atoms with E-state index in [2.05, 4.69) is 4.74 Å². The van der Waals surface area contributed by atoms with E-state index in [1.54, 1.807) is 0 Å². The fourth-order valence-electron chi connectivity index (χ4n) is 0.776. The van der Waals surface area contributed by atoms with E-state index in [-0.39, 0.29) is 5.97 Å². The number of aliphatic hydroxyl groups is 1. The van der Waals surface area contributed by atoms with Crippen molar-refractivity contribution in [1.29, 1.82) is 0 Å². The van der Waals surface area contributed by atoms with Crippen molar-refractivity contribution in [2.24, 2.45) is 0 Å². The molecule has 1 atom stereocenters. The largest absolute Gasteiger partial charge is 0.469 e. The third-order valence-electron chi connectivity index (χ3n) is 1.42. The van der Waals surface area contributed by atoms with Crippen LogP contribution in [0.15, 0.2) is 0 Å². The van der Waals surface area contributed by atoms with Gasteiger partial charge in [0.05, 0.1) is 13.2 Å². The second kappa shape index (κ2) is 6.16. The fourth-order valence-corrected chi connectivity index (χ4v) is 0.776. The molecule has 0 aromatic rings. The fraction of sp³-hybridized carbons (Fsp3) is 0.750. The van der Waals surface area contributed by atoms with E-state index in [9.17, 15) is 4.79 Å². The Morgan fingerprint density at radius 1 is 1.73 bits per heavy atom. The smallest absolute Gasteiger partial charge is 0.305 e. The predicted octanol–water partition coefficient (Wildman–Crippen LogP) is 0.915. The molecule has 1 N–H and O–H groups in total. The Morgan fingerprint density at radius 3 is 2.82 bits per heavy atom. The first-order chi connectivity index (χ1) is 5.20. The van der Waals surface area contributed by atoms with E-state index in [1.165, 1.54) is 7.11 Å². The molecule has 0 fully saturated rings. The lowest BCUT2D eigenvalue weighted by Crippen LogP contribution is -2.10. The van der Waals surface area contributed by atoms with Crippen molar-refractivity contribution in [3.8, 4) is 0 Å². The molecule has 65 valence electrons. The molecule has 3 nitrogen and oxygen atoms in total. The van der Waals surface area contributed by atoms with Gasteiger partial charge in [0.25, 0.3) is 0 Å². The van der Waals surface area contributed by atoms with E-state index in [1.807, 2.05) is 13.3 Å². The molecule has 0 aromatic heterocycles. The van der Waals surface area contributed by atoms with Gasteiger partial charge in [-0.15, -0.1) is 0 Å². The molecule has 0 saturated heterocycles. The Morgan fingerprint density at radius 2 is 2.36 bits per heavy atom. The summed E-state index contributed by atoms with van der Waals surface area (Å²) in [5.41, 5.74) is 0. The standard InChI is InChI=1S/C8H15O3/c1-3-4-7(9)5-6-8(10)11-2/h3,7,9H,4-6H2,1-2H3/t7-/m1/s1. The third-order valence-corrected chi connectivity index (χ3v) is 1.42. The van der Waals surface area contributed by atoms with Gasteiger partial charge in [0, 0.05) is 6.42 Å². The number of hydrogen-bond acceptors (Lipinski definition) is 3. The summed E-state index contributed by atoms with van der Waals surface area (Å²) >= 11 is 0. The van der Waals surface area contributed by atoms with Crippen molar-refractivity contribution in [3.63, 3.8) is 0 Å². The molecule has 0 rings (SSSR count). The number of hydrogen-bond donors (Lipinski definition) is 1. The lowest BCUT2D eigenvalue weighted by atomic mass is 10.1. The van der Waals surface area contributed by atoms with Gasteiger partial charge in [0.15, 0.2) is 0 Å². The highest BCUT2D eigenvalue weighted by atomic mass is 16.5. The number of methoxy groups -OCH3 is 1. The molecule has 0 amide bonds. The van der Waals surface area contributed by atoms with Crippen LogP contribution in [0.4, 0.5) is 0 Å². The lowest BCUT2D eigenvalue weighted by molar-refractivity contribution is -0.141. The summed E-state index contributed by atoms with van der Waals surface area (Å²) in [6.45, 7) is 1.88. The van der Waals surface area contributed by atoms with Crippen LogP contribution in [-0.4, -0.2) is 24.3 Å². The minimum atomic E-state index is -0.404. The summed E-state index contributed by atoms with van der Waals surface area (Å²) in [4.78, 5) is 10.6. The second-order valence-electron chi connectivity index (χ2n) is 2.41. The summed E-state index contributed by atoms with van der Waals surface area (Å²) in [5.74, 6) is -0.264. The first-order valence-electron chi connectivity index (χ1n) is 3.73. The van der Waals surface area contributed by atoms with Crippen LogP contribution < -0.4 is 0 Å². The van der Waals surface area contributed by atoms with Crippen LogP contribution in [0, 0.1) is 6.42 Å². The van der Waals surface area contributed by atoms with Gasteiger partial charge in [0.2, 0.25) is 0 Å². The Hall–Kier alpha value is -0.570. The molecule has 0 spiro atoms. The highest BCUT2D eigenvalue weighted by molar-refractivity contribution is 5.69. The van der Waals surface area contributed by atoms with Crippen molar-refractivity contribution >= 4 is 5.97 Å².